The van der Waals surface area contributed by atoms with Gasteiger partial charge in [-0.25, -0.2) is 15.0 Å². The van der Waals surface area contributed by atoms with E-state index in [2.05, 4.69) is 364 Å². The second-order valence-electron chi connectivity index (χ2n) is 37.4. The van der Waals surface area contributed by atoms with Gasteiger partial charge in [0, 0.05) is 98.3 Å². The van der Waals surface area contributed by atoms with Gasteiger partial charge in [0.1, 0.15) is 29.8 Å². The van der Waals surface area contributed by atoms with Gasteiger partial charge in [0.2, 0.25) is 11.8 Å². The van der Waals surface area contributed by atoms with Crippen LogP contribution in [-0.4, -0.2) is 83.1 Å². The molecule has 10 rings (SSSR count). The Kier molecular flexibility index (Phi) is 38.4. The van der Waals surface area contributed by atoms with Crippen LogP contribution in [-0.2, 0) is 34.1 Å². The van der Waals surface area contributed by atoms with E-state index in [1.54, 1.807) is 55.2 Å². The molecule has 0 radical (unpaired) electrons. The maximum atomic E-state index is 5.37. The van der Waals surface area contributed by atoms with Crippen molar-refractivity contribution >= 4 is 58.9 Å². The molecule has 0 amide bonds. The van der Waals surface area contributed by atoms with E-state index in [4.69, 9.17) is 13.4 Å². The first kappa shape index (κ1) is 99.5. The molecular weight excluding hydrogens is 1370 g/mol. The van der Waals surface area contributed by atoms with Crippen molar-refractivity contribution in [3.05, 3.63) is 243 Å². The first-order valence-electron chi connectivity index (χ1n) is 38.4. The molecule has 5 aliphatic heterocycles. The topological polar surface area (TPSA) is 186 Å². The van der Waals surface area contributed by atoms with Gasteiger partial charge in [0.05, 0.1) is 54.4 Å². The van der Waals surface area contributed by atoms with Crippen LogP contribution in [0.15, 0.2) is 224 Å². The number of imidazole rings is 1. The number of aromatic amines is 1. The summed E-state index contributed by atoms with van der Waals surface area (Å²) in [6.45, 7) is 104. The predicted octanol–water partition coefficient (Wildman–Crippen LogP) is 26.2. The maximum absolute atomic E-state index is 5.37. The molecule has 111 heavy (non-hydrogen) atoms. The van der Waals surface area contributed by atoms with Crippen molar-refractivity contribution < 1.29 is 13.4 Å². The summed E-state index contributed by atoms with van der Waals surface area (Å²) in [5.41, 5.74) is 19.5. The lowest BCUT2D eigenvalue weighted by atomic mass is 9.84. The molecule has 15 heteroatoms. The van der Waals surface area contributed by atoms with Gasteiger partial charge >= 0.3 is 0 Å². The number of H-pyrrole nitrogens is 1. The summed E-state index contributed by atoms with van der Waals surface area (Å²) in [4.78, 5) is 34.3. The molecular formula is C96H144N12O3. The number of rotatable bonds is 10. The van der Waals surface area contributed by atoms with Crippen LogP contribution in [0.1, 0.15) is 278 Å². The Morgan fingerprint density at radius 3 is 1.18 bits per heavy atom. The Hall–Kier alpha value is -9.50. The number of hydrogen-bond acceptors (Lipinski definition) is 13. The normalized spacial score (nSPS) is 14.6. The van der Waals surface area contributed by atoms with E-state index in [9.17, 15) is 0 Å². The Morgan fingerprint density at radius 1 is 0.450 bits per heavy atom. The average molecular weight is 1510 g/mol. The molecule has 10 heterocycles. The van der Waals surface area contributed by atoms with Gasteiger partial charge in [-0.15, -0.1) is 0 Å². The molecule has 5 aliphatic rings. The summed E-state index contributed by atoms with van der Waals surface area (Å²) >= 11 is 0. The highest BCUT2D eigenvalue weighted by Crippen LogP contribution is 2.35. The van der Waals surface area contributed by atoms with E-state index in [1.165, 1.54) is 33.8 Å². The Balaban J connectivity index is 0.000000617. The highest BCUT2D eigenvalue weighted by Gasteiger charge is 2.27. The highest BCUT2D eigenvalue weighted by molar-refractivity contribution is 6.11. The predicted molar refractivity (Wildman–Crippen MR) is 485 cm³/mol. The third-order valence-corrected chi connectivity index (χ3v) is 17.2. The van der Waals surface area contributed by atoms with Gasteiger partial charge in [-0.2, -0.15) is 5.10 Å². The van der Waals surface area contributed by atoms with Crippen LogP contribution in [0.4, 0.5) is 0 Å². The SMILES string of the molecule is C=CC1=NC(C(C)(C)C)=CC1.C=CC1=NC(C(C)(C)C)=CC1.C=CC1=NCC(C(C)(C)C)=C1.C=CC1=NCC=C1C(C)(C)C.C=CC1=NCC=C1C(C)(C)C.C=Cc1cc(C(C)(C)C)[nH]n1.C=Cc1nc(C(C)(C)C)co1.C=Cc1ncc(C(C)(C)C)n1C.C=Cc1ncc(C(C)(C)C)o1.C=Cc1nocc1C(C)(C)C. The maximum Gasteiger partial charge on any atom is 0.218 e. The number of aliphatic imine (C=N–C) groups is 5. The second-order valence-corrected chi connectivity index (χ2v) is 37.4. The molecule has 0 unspecified atom stereocenters. The number of nitrogens with one attached hydrogen (secondary N) is 1. The molecule has 0 aliphatic carbocycles. The average Bonchev–Trinajstić information content (AvgIpc) is 1.67. The molecule has 0 atom stereocenters. The fourth-order valence-electron chi connectivity index (χ4n) is 10.2. The second kappa shape index (κ2) is 42.8. The van der Waals surface area contributed by atoms with Crippen molar-refractivity contribution in [2.75, 3.05) is 19.6 Å². The number of hydrogen-bond donors (Lipinski definition) is 1. The van der Waals surface area contributed by atoms with Crippen molar-refractivity contribution in [2.45, 2.75) is 248 Å². The molecule has 0 saturated carbocycles. The number of nitrogens with zero attached hydrogens (tertiary/aromatic N) is 11. The van der Waals surface area contributed by atoms with E-state index in [0.717, 1.165) is 101 Å². The summed E-state index contributed by atoms with van der Waals surface area (Å²) in [6, 6.07) is 2.02. The minimum atomic E-state index is 0.0360. The van der Waals surface area contributed by atoms with Crippen LogP contribution in [0.25, 0.3) is 30.4 Å². The third-order valence-electron chi connectivity index (χ3n) is 17.2. The molecule has 5 aromatic rings. The molecule has 0 spiro atoms. The molecule has 0 saturated heterocycles. The molecule has 0 bridgehead atoms. The minimum Gasteiger partial charge on any atom is -0.445 e. The van der Waals surface area contributed by atoms with Crippen LogP contribution in [0.2, 0.25) is 0 Å². The molecule has 1 N–H and O–H groups in total. The summed E-state index contributed by atoms with van der Waals surface area (Å²) in [5.74, 6) is 3.01. The van der Waals surface area contributed by atoms with Crippen LogP contribution in [0.3, 0.4) is 0 Å². The van der Waals surface area contributed by atoms with Gasteiger partial charge in [0.25, 0.3) is 0 Å². The van der Waals surface area contributed by atoms with Crippen molar-refractivity contribution in [3.8, 4) is 0 Å². The zero-order valence-corrected chi connectivity index (χ0v) is 74.8. The fraction of sp³-hybridized carbons (Fsp3) is 0.479. The summed E-state index contributed by atoms with van der Waals surface area (Å²) in [6.07, 6.45) is 37.3. The number of aromatic nitrogens is 7. The molecule has 0 fully saturated rings. The van der Waals surface area contributed by atoms with Gasteiger partial charge in [-0.1, -0.05) is 303 Å². The van der Waals surface area contributed by atoms with Crippen LogP contribution in [0, 0.1) is 27.1 Å². The lowest BCUT2D eigenvalue weighted by Crippen LogP contribution is -2.16. The third kappa shape index (κ3) is 34.8. The Bertz CT molecular complexity index is 4020. The quantitative estimate of drug-likeness (QED) is 0.143. The zero-order valence-electron chi connectivity index (χ0n) is 74.8. The number of allylic oxidation sites excluding steroid dienone is 12. The lowest BCUT2D eigenvalue weighted by Gasteiger charge is -2.20. The van der Waals surface area contributed by atoms with E-state index >= 15 is 0 Å². The van der Waals surface area contributed by atoms with Crippen molar-refractivity contribution in [1.82, 2.24) is 34.9 Å². The Labute approximate surface area is 672 Å². The summed E-state index contributed by atoms with van der Waals surface area (Å²) in [5, 5.41) is 10.8. The monoisotopic (exact) mass is 1510 g/mol. The van der Waals surface area contributed by atoms with E-state index < -0.39 is 0 Å². The minimum absolute atomic E-state index is 0.0360. The molecule has 15 nitrogen and oxygen atoms in total. The molecule has 5 aromatic heterocycles. The lowest BCUT2D eigenvalue weighted by molar-refractivity contribution is 0.403. The largest absolute Gasteiger partial charge is 0.445 e. The van der Waals surface area contributed by atoms with Crippen LogP contribution >= 0.6 is 0 Å². The van der Waals surface area contributed by atoms with Crippen molar-refractivity contribution in [3.63, 3.8) is 0 Å². The first-order valence-corrected chi connectivity index (χ1v) is 38.4. The van der Waals surface area contributed by atoms with Crippen molar-refractivity contribution in [2.24, 2.45) is 59.1 Å². The van der Waals surface area contributed by atoms with Crippen LogP contribution < -0.4 is 0 Å². The van der Waals surface area contributed by atoms with Gasteiger partial charge in [-0.3, -0.25) is 30.1 Å². The van der Waals surface area contributed by atoms with E-state index in [-0.39, 0.29) is 54.1 Å². The van der Waals surface area contributed by atoms with Gasteiger partial charge in [0.15, 0.2) is 0 Å². The summed E-state index contributed by atoms with van der Waals surface area (Å²) < 4.78 is 17.4. The molecule has 606 valence electrons. The standard InChI is InChI=1S/C10H16N2.5C10H15N.C9H14N2.3C9H13NO/c1-6-9-11-7-8(12(9)5)10(2,3)4;1-5-9-6-8(7-11-9)10(2,3)4;2*1-5-9-8(6-7-11-9)10(2,3)4;2*1-5-8-6-7-9(11-8)10(2,3)4;1-5-7-6-8(11-10-7)9(2,3)4;1-5-8-10-7(6-11-8)9(2,3)4;1-5-8-10-6-7(11-8)9(2,3)4;1-5-8-7(6-11-10-8)9(2,3)4/h6-7H,1H2,2-5H3;3*5-6H,1,7H2,2-4H3;2*5,7H,1,6H2,2-4H3;5-6H,1H2,2-4H3,(H,10,11);3*5-6H,1H2,2-4H3. The van der Waals surface area contributed by atoms with E-state index in [0.29, 0.717) is 11.8 Å². The Morgan fingerprint density at radius 2 is 0.946 bits per heavy atom. The smallest absolute Gasteiger partial charge is 0.218 e. The van der Waals surface area contributed by atoms with Gasteiger partial charge < -0.3 is 17.9 Å². The fourth-order valence-corrected chi connectivity index (χ4v) is 10.2. The van der Waals surface area contributed by atoms with Crippen molar-refractivity contribution in [1.29, 1.82) is 0 Å². The zero-order chi connectivity index (χ0) is 85.7. The first-order chi connectivity index (χ1) is 50.8. The highest BCUT2D eigenvalue weighted by atomic mass is 16.5. The molecule has 0 aromatic carbocycles. The van der Waals surface area contributed by atoms with Gasteiger partial charge in [-0.05, 0) is 111 Å². The van der Waals surface area contributed by atoms with E-state index in [1.807, 2.05) is 43.6 Å². The number of oxazole rings is 2. The summed E-state index contributed by atoms with van der Waals surface area (Å²) in [7, 11) is 2.02. The van der Waals surface area contributed by atoms with Crippen LogP contribution in [0.5, 0.6) is 0 Å².